The van der Waals surface area contributed by atoms with Crippen molar-refractivity contribution in [2.24, 2.45) is 0 Å². The minimum absolute atomic E-state index is 0.0895. The van der Waals surface area contributed by atoms with Gasteiger partial charge in [-0.05, 0) is 12.1 Å². The van der Waals surface area contributed by atoms with Crippen LogP contribution in [0, 0.1) is 0 Å². The zero-order chi connectivity index (χ0) is 10.9. The molecule has 0 N–H and O–H groups in total. The molecular formula is C10H8INO2S. The van der Waals surface area contributed by atoms with Crippen molar-refractivity contribution in [3.05, 3.63) is 36.7 Å². The van der Waals surface area contributed by atoms with Crippen molar-refractivity contribution in [1.29, 1.82) is 0 Å². The number of rotatable bonds is 2. The van der Waals surface area contributed by atoms with Crippen molar-refractivity contribution < 1.29 is 8.42 Å². The molecule has 0 aliphatic rings. The Kier molecular flexibility index (Phi) is 2.92. The second-order valence-electron chi connectivity index (χ2n) is 3.08. The first-order valence-corrected chi connectivity index (χ1v) is 7.44. The maximum absolute atomic E-state index is 11.8. The molecule has 0 atom stereocenters. The molecule has 0 spiro atoms. The summed E-state index contributed by atoms with van der Waals surface area (Å²) in [5.41, 5.74) is 0. The van der Waals surface area contributed by atoms with Gasteiger partial charge in [-0.15, -0.1) is 0 Å². The Morgan fingerprint density at radius 2 is 2.07 bits per heavy atom. The highest BCUT2D eigenvalue weighted by molar-refractivity contribution is 14.1. The fourth-order valence-electron chi connectivity index (χ4n) is 1.42. The van der Waals surface area contributed by atoms with Crippen LogP contribution in [-0.2, 0) is 9.84 Å². The third-order valence-corrected chi connectivity index (χ3v) is 5.89. The number of nitrogens with zero attached hydrogens (tertiary/aromatic N) is 1. The van der Waals surface area contributed by atoms with Crippen LogP contribution in [0.3, 0.4) is 0 Å². The summed E-state index contributed by atoms with van der Waals surface area (Å²) in [4.78, 5) is 4.35. The van der Waals surface area contributed by atoms with E-state index in [1.54, 1.807) is 30.6 Å². The van der Waals surface area contributed by atoms with Crippen LogP contribution in [0.2, 0.25) is 0 Å². The number of benzene rings is 1. The van der Waals surface area contributed by atoms with Gasteiger partial charge in [-0.2, -0.15) is 0 Å². The first-order valence-electron chi connectivity index (χ1n) is 4.26. The van der Waals surface area contributed by atoms with Crippen LogP contribution < -0.4 is 0 Å². The first kappa shape index (κ1) is 10.8. The number of pyridine rings is 1. The molecule has 1 heterocycles. The number of aromatic nitrogens is 1. The highest BCUT2D eigenvalue weighted by Gasteiger charge is 2.15. The smallest absolute Gasteiger partial charge is 0.188 e. The molecule has 1 aromatic carbocycles. The van der Waals surface area contributed by atoms with E-state index < -0.39 is 9.84 Å². The quantitative estimate of drug-likeness (QED) is 0.626. The molecule has 0 radical (unpaired) electrons. The summed E-state index contributed by atoms with van der Waals surface area (Å²) in [6.45, 7) is 0. The molecule has 0 saturated carbocycles. The van der Waals surface area contributed by atoms with Crippen LogP contribution in [0.4, 0.5) is 0 Å². The lowest BCUT2D eigenvalue weighted by molar-refractivity contribution is 0.602. The molecule has 0 fully saturated rings. The second kappa shape index (κ2) is 4.05. The standard InChI is InChI=1S/C10H8INO2S/c11-7-15(13,14)10-3-1-2-8-6-12-5-4-9(8)10/h1-6H,7H2. The molecule has 5 heteroatoms. The Bertz CT molecular complexity index is 590. The first-order chi connectivity index (χ1) is 7.15. The lowest BCUT2D eigenvalue weighted by Crippen LogP contribution is -2.02. The van der Waals surface area contributed by atoms with E-state index in [-0.39, 0.29) is 3.76 Å². The molecule has 0 amide bonds. The Morgan fingerprint density at radius 1 is 1.27 bits per heavy atom. The SMILES string of the molecule is O=S(=O)(CI)c1cccc2cnccc12. The van der Waals surface area contributed by atoms with Crippen molar-refractivity contribution in [2.45, 2.75) is 4.90 Å². The monoisotopic (exact) mass is 333 g/mol. The van der Waals surface area contributed by atoms with E-state index >= 15 is 0 Å². The van der Waals surface area contributed by atoms with E-state index in [9.17, 15) is 8.42 Å². The molecule has 0 unspecified atom stereocenters. The maximum Gasteiger partial charge on any atom is 0.188 e. The maximum atomic E-state index is 11.8. The summed E-state index contributed by atoms with van der Waals surface area (Å²) >= 11 is 1.86. The summed E-state index contributed by atoms with van der Waals surface area (Å²) < 4.78 is 23.7. The summed E-state index contributed by atoms with van der Waals surface area (Å²) in [6.07, 6.45) is 3.27. The molecule has 1 aromatic heterocycles. The van der Waals surface area contributed by atoms with Crippen molar-refractivity contribution in [1.82, 2.24) is 4.98 Å². The van der Waals surface area contributed by atoms with Gasteiger partial charge in [0, 0.05) is 23.2 Å². The summed E-state index contributed by atoms with van der Waals surface area (Å²) in [6, 6.07) is 6.96. The molecule has 0 bridgehead atoms. The largest absolute Gasteiger partial charge is 0.264 e. The number of hydrogen-bond donors (Lipinski definition) is 0. The van der Waals surface area contributed by atoms with Crippen LogP contribution in [0.25, 0.3) is 10.8 Å². The average molecular weight is 333 g/mol. The zero-order valence-electron chi connectivity index (χ0n) is 7.72. The minimum atomic E-state index is -3.17. The van der Waals surface area contributed by atoms with Gasteiger partial charge in [0.15, 0.2) is 9.84 Å². The lowest BCUT2D eigenvalue weighted by Gasteiger charge is -2.04. The van der Waals surface area contributed by atoms with Gasteiger partial charge in [-0.1, -0.05) is 34.7 Å². The lowest BCUT2D eigenvalue weighted by atomic mass is 10.2. The summed E-state index contributed by atoms with van der Waals surface area (Å²) in [5.74, 6) is 0. The fourth-order valence-corrected chi connectivity index (χ4v) is 3.35. The van der Waals surface area contributed by atoms with Gasteiger partial charge in [-0.25, -0.2) is 8.42 Å². The summed E-state index contributed by atoms with van der Waals surface area (Å²) in [5, 5.41) is 1.59. The van der Waals surface area contributed by atoms with Crippen molar-refractivity contribution >= 4 is 43.2 Å². The number of hydrogen-bond acceptors (Lipinski definition) is 3. The number of halogens is 1. The van der Waals surface area contributed by atoms with Gasteiger partial charge < -0.3 is 0 Å². The van der Waals surface area contributed by atoms with Gasteiger partial charge in [0.2, 0.25) is 0 Å². The Balaban J connectivity index is 2.83. The van der Waals surface area contributed by atoms with E-state index in [1.807, 2.05) is 28.7 Å². The van der Waals surface area contributed by atoms with Gasteiger partial charge in [0.05, 0.1) is 4.90 Å². The third kappa shape index (κ3) is 1.98. The average Bonchev–Trinajstić information content (AvgIpc) is 2.28. The third-order valence-electron chi connectivity index (χ3n) is 2.12. The predicted molar refractivity (Wildman–Crippen MR) is 67.8 cm³/mol. The molecule has 2 rings (SSSR count). The van der Waals surface area contributed by atoms with Gasteiger partial charge in [0.1, 0.15) is 3.76 Å². The topological polar surface area (TPSA) is 47.0 Å². The Morgan fingerprint density at radius 3 is 2.80 bits per heavy atom. The highest BCUT2D eigenvalue weighted by Crippen LogP contribution is 2.23. The van der Waals surface area contributed by atoms with Crippen LogP contribution in [0.1, 0.15) is 0 Å². The van der Waals surface area contributed by atoms with Gasteiger partial charge in [0.25, 0.3) is 0 Å². The molecule has 3 nitrogen and oxygen atoms in total. The predicted octanol–water partition coefficient (Wildman–Crippen LogP) is 2.40. The molecular weight excluding hydrogens is 325 g/mol. The van der Waals surface area contributed by atoms with E-state index in [2.05, 4.69) is 4.98 Å². The normalized spacial score (nSPS) is 11.8. The van der Waals surface area contributed by atoms with E-state index in [4.69, 9.17) is 0 Å². The van der Waals surface area contributed by atoms with Gasteiger partial charge in [-0.3, -0.25) is 4.98 Å². The molecule has 0 aliphatic carbocycles. The fraction of sp³-hybridized carbons (Fsp3) is 0.100. The number of sulfone groups is 1. The molecule has 15 heavy (non-hydrogen) atoms. The van der Waals surface area contributed by atoms with Crippen molar-refractivity contribution in [3.63, 3.8) is 0 Å². The molecule has 78 valence electrons. The van der Waals surface area contributed by atoms with Gasteiger partial charge >= 0.3 is 0 Å². The zero-order valence-corrected chi connectivity index (χ0v) is 10.7. The molecule has 2 aromatic rings. The highest BCUT2D eigenvalue weighted by atomic mass is 127. The van der Waals surface area contributed by atoms with E-state index in [1.165, 1.54) is 0 Å². The Hall–Kier alpha value is -0.690. The van der Waals surface area contributed by atoms with Crippen LogP contribution in [0.5, 0.6) is 0 Å². The Labute approximate surface area is 102 Å². The molecule has 0 aliphatic heterocycles. The van der Waals surface area contributed by atoms with E-state index in [0.717, 1.165) is 10.8 Å². The second-order valence-corrected chi connectivity index (χ2v) is 6.83. The van der Waals surface area contributed by atoms with E-state index in [0.29, 0.717) is 4.90 Å². The van der Waals surface area contributed by atoms with Crippen LogP contribution in [0.15, 0.2) is 41.6 Å². The number of fused-ring (bicyclic) bond motifs is 1. The van der Waals surface area contributed by atoms with Crippen LogP contribution >= 0.6 is 22.6 Å². The summed E-state index contributed by atoms with van der Waals surface area (Å²) in [7, 11) is -3.17. The van der Waals surface area contributed by atoms with Crippen LogP contribution in [-0.4, -0.2) is 17.2 Å². The minimum Gasteiger partial charge on any atom is -0.264 e. The van der Waals surface area contributed by atoms with Crippen molar-refractivity contribution in [3.8, 4) is 0 Å². The number of alkyl halides is 1. The van der Waals surface area contributed by atoms with Crippen molar-refractivity contribution in [2.75, 3.05) is 3.76 Å². The molecule has 0 saturated heterocycles.